The predicted octanol–water partition coefficient (Wildman–Crippen LogP) is 2.72. The lowest BCUT2D eigenvalue weighted by Gasteiger charge is -2.26. The van der Waals surface area contributed by atoms with Gasteiger partial charge in [0.15, 0.2) is 0 Å². The Kier molecular flexibility index (Phi) is 3.93. The number of aromatic nitrogens is 3. The summed E-state index contributed by atoms with van der Waals surface area (Å²) in [5.74, 6) is 1.15. The average molecular weight is 369 g/mol. The zero-order valence-electron chi connectivity index (χ0n) is 10.6. The molecule has 19 heavy (non-hydrogen) atoms. The van der Waals surface area contributed by atoms with Gasteiger partial charge in [0.2, 0.25) is 0 Å². The molecule has 2 atom stereocenters. The van der Waals surface area contributed by atoms with Crippen molar-refractivity contribution in [3.8, 4) is 0 Å². The summed E-state index contributed by atoms with van der Waals surface area (Å²) >= 11 is 2.25. The van der Waals surface area contributed by atoms with Crippen LogP contribution in [0.3, 0.4) is 0 Å². The van der Waals surface area contributed by atoms with Gasteiger partial charge in [0.25, 0.3) is 0 Å². The number of hydrogen-bond donors (Lipinski definition) is 1. The van der Waals surface area contributed by atoms with Crippen LogP contribution in [0, 0.1) is 9.49 Å². The second-order valence-corrected chi connectivity index (χ2v) is 6.32. The van der Waals surface area contributed by atoms with E-state index in [2.05, 4.69) is 37.5 Å². The largest absolute Gasteiger partial charge is 0.393 e. The summed E-state index contributed by atoms with van der Waals surface area (Å²) in [4.78, 5) is 13.2. The molecule has 3 rings (SSSR count). The third-order valence-electron chi connectivity index (χ3n) is 3.81. The minimum atomic E-state index is -0.190. The first-order chi connectivity index (χ1) is 9.24. The summed E-state index contributed by atoms with van der Waals surface area (Å²) in [5, 5.41) is 11.0. The Morgan fingerprint density at radius 2 is 2.05 bits per heavy atom. The van der Waals surface area contributed by atoms with Crippen molar-refractivity contribution in [2.24, 2.45) is 5.92 Å². The Bertz CT molecular complexity index is 590. The standard InChI is InChI=1S/C14H16IN3O/c15-11-8-16-6-10-7-17-13(18-14(10)11)5-9-3-1-2-4-12(9)19/h6-9,12,19H,1-5H2/t9-,12-/m0/s1. The predicted molar refractivity (Wildman–Crippen MR) is 81.7 cm³/mol. The maximum absolute atomic E-state index is 10.0. The van der Waals surface area contributed by atoms with Crippen molar-refractivity contribution >= 4 is 33.5 Å². The Hall–Kier alpha value is -0.820. The van der Waals surface area contributed by atoms with Crippen LogP contribution in [0.5, 0.6) is 0 Å². The number of pyridine rings is 1. The van der Waals surface area contributed by atoms with E-state index in [9.17, 15) is 5.11 Å². The molecular weight excluding hydrogens is 353 g/mol. The molecule has 0 aliphatic heterocycles. The van der Waals surface area contributed by atoms with Gasteiger partial charge in [0.1, 0.15) is 5.82 Å². The highest BCUT2D eigenvalue weighted by atomic mass is 127. The first-order valence-electron chi connectivity index (χ1n) is 6.67. The number of nitrogens with zero attached hydrogens (tertiary/aromatic N) is 3. The fraction of sp³-hybridized carbons (Fsp3) is 0.500. The highest BCUT2D eigenvalue weighted by Crippen LogP contribution is 2.27. The van der Waals surface area contributed by atoms with Crippen molar-refractivity contribution in [2.75, 3.05) is 0 Å². The molecule has 0 bridgehead atoms. The van der Waals surface area contributed by atoms with Gasteiger partial charge >= 0.3 is 0 Å². The Morgan fingerprint density at radius 1 is 1.21 bits per heavy atom. The van der Waals surface area contributed by atoms with E-state index in [0.29, 0.717) is 5.92 Å². The molecular formula is C14H16IN3O. The number of hydrogen-bond acceptors (Lipinski definition) is 4. The lowest BCUT2D eigenvalue weighted by molar-refractivity contribution is 0.0690. The van der Waals surface area contributed by atoms with Crippen LogP contribution in [-0.4, -0.2) is 26.2 Å². The molecule has 1 aliphatic rings. The molecule has 0 amide bonds. The summed E-state index contributed by atoms with van der Waals surface area (Å²) in [7, 11) is 0. The van der Waals surface area contributed by atoms with Crippen LogP contribution in [0.15, 0.2) is 18.6 Å². The van der Waals surface area contributed by atoms with Gasteiger partial charge in [-0.05, 0) is 41.4 Å². The molecule has 2 aromatic heterocycles. The van der Waals surface area contributed by atoms with Crippen molar-refractivity contribution < 1.29 is 5.11 Å². The molecule has 1 N–H and O–H groups in total. The van der Waals surface area contributed by atoms with Crippen LogP contribution in [0.4, 0.5) is 0 Å². The molecule has 2 aromatic rings. The third-order valence-corrected chi connectivity index (χ3v) is 4.60. The lowest BCUT2D eigenvalue weighted by atomic mass is 9.84. The van der Waals surface area contributed by atoms with E-state index in [-0.39, 0.29) is 6.10 Å². The second kappa shape index (κ2) is 5.66. The van der Waals surface area contributed by atoms with E-state index in [1.54, 1.807) is 6.20 Å². The molecule has 0 aromatic carbocycles. The van der Waals surface area contributed by atoms with Gasteiger partial charge < -0.3 is 5.11 Å². The fourth-order valence-corrected chi connectivity index (χ4v) is 3.31. The monoisotopic (exact) mass is 369 g/mol. The average Bonchev–Trinajstić information content (AvgIpc) is 2.42. The highest BCUT2D eigenvalue weighted by Gasteiger charge is 2.24. The summed E-state index contributed by atoms with van der Waals surface area (Å²) in [6, 6.07) is 0. The minimum absolute atomic E-state index is 0.190. The van der Waals surface area contributed by atoms with Gasteiger partial charge in [0, 0.05) is 30.4 Å². The quantitative estimate of drug-likeness (QED) is 0.828. The Morgan fingerprint density at radius 3 is 2.89 bits per heavy atom. The maximum atomic E-state index is 10.0. The molecule has 0 unspecified atom stereocenters. The molecule has 0 radical (unpaired) electrons. The van der Waals surface area contributed by atoms with Crippen LogP contribution in [0.25, 0.3) is 10.9 Å². The van der Waals surface area contributed by atoms with Crippen LogP contribution in [0.2, 0.25) is 0 Å². The molecule has 100 valence electrons. The molecule has 0 spiro atoms. The van der Waals surface area contributed by atoms with Crippen molar-refractivity contribution in [1.82, 2.24) is 15.0 Å². The summed E-state index contributed by atoms with van der Waals surface area (Å²) < 4.78 is 1.04. The van der Waals surface area contributed by atoms with E-state index in [1.807, 2.05) is 12.4 Å². The first kappa shape index (κ1) is 13.2. The molecule has 1 aliphatic carbocycles. The number of aliphatic hydroxyl groups excluding tert-OH is 1. The van der Waals surface area contributed by atoms with Crippen LogP contribution in [-0.2, 0) is 6.42 Å². The Labute approximate surface area is 125 Å². The van der Waals surface area contributed by atoms with E-state index < -0.39 is 0 Å². The van der Waals surface area contributed by atoms with Crippen LogP contribution >= 0.6 is 22.6 Å². The highest BCUT2D eigenvalue weighted by molar-refractivity contribution is 14.1. The topological polar surface area (TPSA) is 58.9 Å². The van der Waals surface area contributed by atoms with Crippen molar-refractivity contribution in [1.29, 1.82) is 0 Å². The number of halogens is 1. The zero-order valence-corrected chi connectivity index (χ0v) is 12.7. The maximum Gasteiger partial charge on any atom is 0.129 e. The van der Waals surface area contributed by atoms with Gasteiger partial charge in [0.05, 0.1) is 15.2 Å². The van der Waals surface area contributed by atoms with Crippen molar-refractivity contribution in [3.63, 3.8) is 0 Å². The molecule has 2 heterocycles. The van der Waals surface area contributed by atoms with Crippen LogP contribution < -0.4 is 0 Å². The first-order valence-corrected chi connectivity index (χ1v) is 7.75. The second-order valence-electron chi connectivity index (χ2n) is 5.16. The van der Waals surface area contributed by atoms with Crippen molar-refractivity contribution in [3.05, 3.63) is 28.0 Å². The molecule has 0 saturated heterocycles. The van der Waals surface area contributed by atoms with Crippen molar-refractivity contribution in [2.45, 2.75) is 38.2 Å². The van der Waals surface area contributed by atoms with E-state index in [1.165, 1.54) is 6.42 Å². The van der Waals surface area contributed by atoms with E-state index >= 15 is 0 Å². The third kappa shape index (κ3) is 2.86. The molecule has 1 fully saturated rings. The number of fused-ring (bicyclic) bond motifs is 1. The van der Waals surface area contributed by atoms with Gasteiger partial charge in [-0.15, -0.1) is 0 Å². The number of rotatable bonds is 2. The smallest absolute Gasteiger partial charge is 0.129 e. The van der Waals surface area contributed by atoms with Gasteiger partial charge in [-0.1, -0.05) is 12.8 Å². The SMILES string of the molecule is O[C@H]1CCCC[C@H]1Cc1ncc2cncc(I)c2n1. The van der Waals surface area contributed by atoms with Crippen LogP contribution in [0.1, 0.15) is 31.5 Å². The van der Waals surface area contributed by atoms with E-state index in [4.69, 9.17) is 0 Å². The lowest BCUT2D eigenvalue weighted by Crippen LogP contribution is -2.26. The fourth-order valence-electron chi connectivity index (χ4n) is 2.72. The molecule has 5 heteroatoms. The molecule has 1 saturated carbocycles. The molecule has 4 nitrogen and oxygen atoms in total. The normalized spacial score (nSPS) is 23.7. The summed E-state index contributed by atoms with van der Waals surface area (Å²) in [6.45, 7) is 0. The zero-order chi connectivity index (χ0) is 13.2. The minimum Gasteiger partial charge on any atom is -0.393 e. The number of aliphatic hydroxyl groups is 1. The van der Waals surface area contributed by atoms with Gasteiger partial charge in [-0.25, -0.2) is 9.97 Å². The summed E-state index contributed by atoms with van der Waals surface area (Å²) in [5.41, 5.74) is 0.964. The van der Waals surface area contributed by atoms with Gasteiger partial charge in [-0.2, -0.15) is 0 Å². The Balaban J connectivity index is 1.86. The summed E-state index contributed by atoms with van der Waals surface area (Å²) in [6.07, 6.45) is 10.4. The van der Waals surface area contributed by atoms with Gasteiger partial charge in [-0.3, -0.25) is 4.98 Å². The van der Waals surface area contributed by atoms with E-state index in [0.717, 1.165) is 46.0 Å².